The number of hydrogen-bond donors (Lipinski definition) is 0. The van der Waals surface area contributed by atoms with Gasteiger partial charge in [0.15, 0.2) is 0 Å². The molecule has 0 aliphatic heterocycles. The number of hydrogen-bond acceptors (Lipinski definition) is 4. The first-order chi connectivity index (χ1) is 13.1. The second kappa shape index (κ2) is 8.35. The number of esters is 1. The highest BCUT2D eigenvalue weighted by atomic mass is 35.5. The largest absolute Gasteiger partial charge is 0.462 e. The first-order valence-electron chi connectivity index (χ1n) is 8.32. The third kappa shape index (κ3) is 4.25. The zero-order chi connectivity index (χ0) is 19.2. The van der Waals surface area contributed by atoms with Crippen molar-refractivity contribution in [1.29, 1.82) is 5.26 Å². The summed E-state index contributed by atoms with van der Waals surface area (Å²) in [5.74, 6) is -0.662. The van der Waals surface area contributed by atoms with Crippen molar-refractivity contribution in [3.63, 3.8) is 0 Å². The first-order valence-corrected chi connectivity index (χ1v) is 8.70. The van der Waals surface area contributed by atoms with E-state index in [9.17, 15) is 10.1 Å². The predicted molar refractivity (Wildman–Crippen MR) is 104 cm³/mol. The van der Waals surface area contributed by atoms with E-state index >= 15 is 0 Å². The second-order valence-corrected chi connectivity index (χ2v) is 6.05. The molecule has 0 radical (unpaired) electrons. The lowest BCUT2D eigenvalue weighted by molar-refractivity contribution is -0.137. The number of para-hydroxylation sites is 1. The predicted octanol–water partition coefficient (Wildman–Crippen LogP) is 4.66. The molecule has 2 aromatic carbocycles. The van der Waals surface area contributed by atoms with E-state index in [0.29, 0.717) is 16.3 Å². The zero-order valence-electron chi connectivity index (χ0n) is 14.6. The number of ether oxygens (including phenoxy) is 1. The van der Waals surface area contributed by atoms with E-state index in [0.717, 1.165) is 11.3 Å². The fourth-order valence-electron chi connectivity index (χ4n) is 2.57. The SMILES string of the molecule is CCOC(=O)/C(C#N)=C/c1cn(-c2ccccc2)nc1-c1cccc(Cl)c1. The molecule has 3 rings (SSSR count). The van der Waals surface area contributed by atoms with Gasteiger partial charge in [0.25, 0.3) is 0 Å². The number of nitriles is 1. The normalized spacial score (nSPS) is 11.1. The van der Waals surface area contributed by atoms with Gasteiger partial charge < -0.3 is 4.74 Å². The van der Waals surface area contributed by atoms with Crippen molar-refractivity contribution < 1.29 is 9.53 Å². The number of aromatic nitrogens is 2. The van der Waals surface area contributed by atoms with E-state index in [1.165, 1.54) is 6.08 Å². The van der Waals surface area contributed by atoms with Crippen LogP contribution in [0.25, 0.3) is 23.0 Å². The van der Waals surface area contributed by atoms with Crippen molar-refractivity contribution >= 4 is 23.6 Å². The Morgan fingerprint density at radius 2 is 2.04 bits per heavy atom. The molecule has 3 aromatic rings. The molecule has 0 spiro atoms. The van der Waals surface area contributed by atoms with Crippen molar-refractivity contribution in [2.75, 3.05) is 6.61 Å². The fraction of sp³-hybridized carbons (Fsp3) is 0.0952. The minimum Gasteiger partial charge on any atom is -0.462 e. The van der Waals surface area contributed by atoms with Crippen LogP contribution in [0.15, 0.2) is 66.4 Å². The van der Waals surface area contributed by atoms with Crippen LogP contribution in [0.4, 0.5) is 0 Å². The molecule has 0 bridgehead atoms. The number of halogens is 1. The lowest BCUT2D eigenvalue weighted by Gasteiger charge is -2.02. The van der Waals surface area contributed by atoms with Gasteiger partial charge in [0.1, 0.15) is 17.3 Å². The van der Waals surface area contributed by atoms with Gasteiger partial charge in [-0.05, 0) is 37.3 Å². The summed E-state index contributed by atoms with van der Waals surface area (Å²) in [4.78, 5) is 12.0. The Morgan fingerprint density at radius 3 is 2.70 bits per heavy atom. The molecule has 27 heavy (non-hydrogen) atoms. The quantitative estimate of drug-likeness (QED) is 0.368. The van der Waals surface area contributed by atoms with Gasteiger partial charge in [-0.2, -0.15) is 10.4 Å². The van der Waals surface area contributed by atoms with Crippen LogP contribution in [-0.2, 0) is 9.53 Å². The van der Waals surface area contributed by atoms with Gasteiger partial charge in [-0.3, -0.25) is 0 Å². The summed E-state index contributed by atoms with van der Waals surface area (Å²) in [6.07, 6.45) is 3.25. The Hall–Kier alpha value is -3.36. The van der Waals surface area contributed by atoms with Gasteiger partial charge in [0, 0.05) is 22.3 Å². The molecule has 0 unspecified atom stereocenters. The van der Waals surface area contributed by atoms with E-state index in [1.54, 1.807) is 29.9 Å². The first kappa shape index (κ1) is 18.4. The molecule has 1 heterocycles. The molecule has 0 aliphatic rings. The Labute approximate surface area is 162 Å². The van der Waals surface area contributed by atoms with E-state index in [4.69, 9.17) is 16.3 Å². The maximum absolute atomic E-state index is 12.0. The maximum atomic E-state index is 12.0. The van der Waals surface area contributed by atoms with E-state index in [-0.39, 0.29) is 12.2 Å². The van der Waals surface area contributed by atoms with E-state index in [1.807, 2.05) is 48.5 Å². The lowest BCUT2D eigenvalue weighted by Crippen LogP contribution is -2.06. The molecule has 0 N–H and O–H groups in total. The minimum atomic E-state index is -0.662. The third-order valence-electron chi connectivity index (χ3n) is 3.78. The minimum absolute atomic E-state index is 0.0901. The number of benzene rings is 2. The van der Waals surface area contributed by atoms with Gasteiger partial charge in [0.2, 0.25) is 0 Å². The van der Waals surface area contributed by atoms with Gasteiger partial charge in [0.05, 0.1) is 12.3 Å². The monoisotopic (exact) mass is 377 g/mol. The smallest absolute Gasteiger partial charge is 0.348 e. The molecule has 0 saturated carbocycles. The number of carbonyl (C=O) groups is 1. The van der Waals surface area contributed by atoms with E-state index < -0.39 is 5.97 Å². The summed E-state index contributed by atoms with van der Waals surface area (Å²) >= 11 is 6.12. The fourth-order valence-corrected chi connectivity index (χ4v) is 2.76. The van der Waals surface area contributed by atoms with Crippen molar-refractivity contribution in [3.8, 4) is 23.0 Å². The summed E-state index contributed by atoms with van der Waals surface area (Å²) in [7, 11) is 0. The van der Waals surface area contributed by atoms with E-state index in [2.05, 4.69) is 5.10 Å². The van der Waals surface area contributed by atoms with Gasteiger partial charge in [-0.15, -0.1) is 0 Å². The zero-order valence-corrected chi connectivity index (χ0v) is 15.3. The van der Waals surface area contributed by atoms with Crippen LogP contribution >= 0.6 is 11.6 Å². The highest BCUT2D eigenvalue weighted by molar-refractivity contribution is 6.30. The van der Waals surface area contributed by atoms with Crippen LogP contribution in [0.5, 0.6) is 0 Å². The third-order valence-corrected chi connectivity index (χ3v) is 4.01. The van der Waals surface area contributed by atoms with Crippen molar-refractivity contribution in [3.05, 3.63) is 77.0 Å². The van der Waals surface area contributed by atoms with Crippen LogP contribution < -0.4 is 0 Å². The molecular formula is C21H16ClN3O2. The van der Waals surface area contributed by atoms with Crippen LogP contribution in [0.3, 0.4) is 0 Å². The molecule has 1 aromatic heterocycles. The Morgan fingerprint density at radius 1 is 1.26 bits per heavy atom. The van der Waals surface area contributed by atoms with Crippen molar-refractivity contribution in [1.82, 2.24) is 9.78 Å². The lowest BCUT2D eigenvalue weighted by atomic mass is 10.1. The highest BCUT2D eigenvalue weighted by Crippen LogP contribution is 2.27. The van der Waals surface area contributed by atoms with Gasteiger partial charge in [-0.25, -0.2) is 9.48 Å². The topological polar surface area (TPSA) is 67.9 Å². The molecule has 5 nitrogen and oxygen atoms in total. The number of carbonyl (C=O) groups excluding carboxylic acids is 1. The second-order valence-electron chi connectivity index (χ2n) is 5.61. The molecule has 0 atom stereocenters. The summed E-state index contributed by atoms with van der Waals surface area (Å²) in [5.41, 5.74) is 2.77. The molecule has 0 saturated heterocycles. The van der Waals surface area contributed by atoms with Gasteiger partial charge in [-0.1, -0.05) is 41.9 Å². The number of rotatable bonds is 5. The van der Waals surface area contributed by atoms with Crippen molar-refractivity contribution in [2.24, 2.45) is 0 Å². The molecule has 0 fully saturated rings. The average Bonchev–Trinajstić information content (AvgIpc) is 3.11. The maximum Gasteiger partial charge on any atom is 0.348 e. The molecule has 0 amide bonds. The van der Waals surface area contributed by atoms with Crippen LogP contribution in [0.1, 0.15) is 12.5 Å². The summed E-state index contributed by atoms with van der Waals surface area (Å²) < 4.78 is 6.64. The summed E-state index contributed by atoms with van der Waals surface area (Å²) in [5, 5.41) is 14.6. The standard InChI is InChI=1S/C21H16ClN3O2/c1-2-27-21(26)16(13-23)11-17-14-25(19-9-4-3-5-10-19)24-20(17)15-7-6-8-18(22)12-15/h3-12,14H,2H2,1H3/b16-11+. The molecule has 0 aliphatic carbocycles. The molecule has 6 heteroatoms. The Balaban J connectivity index is 2.15. The van der Waals surface area contributed by atoms with Crippen LogP contribution in [-0.4, -0.2) is 22.4 Å². The Bertz CT molecular complexity index is 1030. The van der Waals surface area contributed by atoms with Gasteiger partial charge >= 0.3 is 5.97 Å². The average molecular weight is 378 g/mol. The summed E-state index contributed by atoms with van der Waals surface area (Å²) in [6.45, 7) is 1.89. The molecular weight excluding hydrogens is 362 g/mol. The van der Waals surface area contributed by atoms with Crippen LogP contribution in [0.2, 0.25) is 5.02 Å². The number of nitrogens with zero attached hydrogens (tertiary/aromatic N) is 3. The summed E-state index contributed by atoms with van der Waals surface area (Å²) in [6, 6.07) is 18.7. The van der Waals surface area contributed by atoms with Crippen LogP contribution in [0, 0.1) is 11.3 Å². The van der Waals surface area contributed by atoms with Crippen molar-refractivity contribution in [2.45, 2.75) is 6.92 Å². The Kier molecular flexibility index (Phi) is 5.70. The molecule has 134 valence electrons. The highest BCUT2D eigenvalue weighted by Gasteiger charge is 2.15.